The fourth-order valence-electron chi connectivity index (χ4n) is 3.18. The number of ether oxygens (including phenoxy) is 2. The average Bonchev–Trinajstić information content (AvgIpc) is 3.17. The molecule has 3 rings (SSSR count). The monoisotopic (exact) mass is 329 g/mol. The molecule has 1 saturated heterocycles. The molecule has 6 nitrogen and oxygen atoms in total. The van der Waals surface area contributed by atoms with Gasteiger partial charge in [-0.2, -0.15) is 0 Å². The summed E-state index contributed by atoms with van der Waals surface area (Å²) >= 11 is 0. The van der Waals surface area contributed by atoms with E-state index in [1.165, 1.54) is 0 Å². The van der Waals surface area contributed by atoms with E-state index in [-0.39, 0.29) is 5.91 Å². The van der Waals surface area contributed by atoms with Crippen molar-refractivity contribution in [3.8, 4) is 11.5 Å². The van der Waals surface area contributed by atoms with Crippen LogP contribution >= 0.6 is 0 Å². The molecule has 2 heterocycles. The van der Waals surface area contributed by atoms with E-state index in [9.17, 15) is 4.79 Å². The minimum atomic E-state index is 0.128. The fourth-order valence-corrected chi connectivity index (χ4v) is 3.18. The van der Waals surface area contributed by atoms with Crippen LogP contribution in [0.15, 0.2) is 36.9 Å². The Morgan fingerprint density at radius 2 is 2.21 bits per heavy atom. The van der Waals surface area contributed by atoms with Crippen molar-refractivity contribution in [2.24, 2.45) is 0 Å². The predicted octanol–water partition coefficient (Wildman–Crippen LogP) is 2.31. The summed E-state index contributed by atoms with van der Waals surface area (Å²) in [6.07, 6.45) is 7.99. The minimum Gasteiger partial charge on any atom is -0.497 e. The molecule has 1 aromatic carbocycles. The Morgan fingerprint density at radius 3 is 2.92 bits per heavy atom. The lowest BCUT2D eigenvalue weighted by atomic mass is 10.0. The van der Waals surface area contributed by atoms with Crippen molar-refractivity contribution in [1.82, 2.24) is 14.5 Å². The van der Waals surface area contributed by atoms with Gasteiger partial charge in [-0.1, -0.05) is 6.07 Å². The Balaban J connectivity index is 1.68. The number of benzene rings is 1. The summed E-state index contributed by atoms with van der Waals surface area (Å²) < 4.78 is 12.7. The lowest BCUT2D eigenvalue weighted by molar-refractivity contribution is -0.132. The third-order valence-corrected chi connectivity index (χ3v) is 4.53. The zero-order chi connectivity index (χ0) is 16.9. The molecule has 1 atom stereocenters. The van der Waals surface area contributed by atoms with E-state index in [1.807, 2.05) is 35.6 Å². The summed E-state index contributed by atoms with van der Waals surface area (Å²) in [6, 6.07) is 5.87. The molecule has 24 heavy (non-hydrogen) atoms. The third-order valence-electron chi connectivity index (χ3n) is 4.53. The molecular formula is C18H23N3O3. The quantitative estimate of drug-likeness (QED) is 0.845. The number of rotatable bonds is 5. The maximum atomic E-state index is 12.7. The van der Waals surface area contributed by atoms with Gasteiger partial charge in [0.15, 0.2) is 0 Å². The Morgan fingerprint density at radius 1 is 1.33 bits per heavy atom. The fraction of sp³-hybridized carbons (Fsp3) is 0.444. The number of hydrogen-bond donors (Lipinski definition) is 0. The zero-order valence-electron chi connectivity index (χ0n) is 14.1. The van der Waals surface area contributed by atoms with E-state index in [2.05, 4.69) is 9.55 Å². The highest BCUT2D eigenvalue weighted by molar-refractivity contribution is 5.79. The van der Waals surface area contributed by atoms with Crippen LogP contribution in [0.5, 0.6) is 11.5 Å². The van der Waals surface area contributed by atoms with Crippen LogP contribution in [0.1, 0.15) is 24.4 Å². The van der Waals surface area contributed by atoms with Gasteiger partial charge in [0.1, 0.15) is 11.5 Å². The van der Waals surface area contributed by atoms with E-state index in [0.717, 1.165) is 37.2 Å². The summed E-state index contributed by atoms with van der Waals surface area (Å²) in [5.74, 6) is 1.54. The van der Waals surface area contributed by atoms with Crippen molar-refractivity contribution < 1.29 is 14.3 Å². The minimum absolute atomic E-state index is 0.128. The van der Waals surface area contributed by atoms with Gasteiger partial charge in [0, 0.05) is 37.1 Å². The highest BCUT2D eigenvalue weighted by atomic mass is 16.5. The molecule has 2 aromatic rings. The number of carbonyl (C=O) groups is 1. The number of piperidine rings is 1. The molecule has 1 fully saturated rings. The van der Waals surface area contributed by atoms with E-state index in [0.29, 0.717) is 18.2 Å². The number of methoxy groups -OCH3 is 2. The number of amides is 1. The second-order valence-corrected chi connectivity index (χ2v) is 6.00. The van der Waals surface area contributed by atoms with Crippen LogP contribution in [-0.4, -0.2) is 47.7 Å². The van der Waals surface area contributed by atoms with Gasteiger partial charge >= 0.3 is 0 Å². The molecule has 1 aliphatic rings. The maximum Gasteiger partial charge on any atom is 0.227 e. The largest absolute Gasteiger partial charge is 0.497 e. The molecule has 6 heteroatoms. The molecule has 1 unspecified atom stereocenters. The van der Waals surface area contributed by atoms with Crippen LogP contribution < -0.4 is 9.47 Å². The SMILES string of the molecule is COc1ccc(CC(=O)N2CCCC(n3ccnc3)C2)c(OC)c1. The van der Waals surface area contributed by atoms with Crippen molar-refractivity contribution in [2.75, 3.05) is 27.3 Å². The van der Waals surface area contributed by atoms with Gasteiger partial charge in [-0.25, -0.2) is 4.98 Å². The summed E-state index contributed by atoms with van der Waals surface area (Å²) in [4.78, 5) is 18.8. The first-order valence-electron chi connectivity index (χ1n) is 8.17. The standard InChI is InChI=1S/C18H23N3O3/c1-23-16-6-5-14(17(11-16)24-2)10-18(22)20-8-3-4-15(12-20)21-9-7-19-13-21/h5-7,9,11,13,15H,3-4,8,10,12H2,1-2H3. The third kappa shape index (κ3) is 3.53. The van der Waals surface area contributed by atoms with E-state index < -0.39 is 0 Å². The van der Waals surface area contributed by atoms with E-state index in [1.54, 1.807) is 20.4 Å². The van der Waals surface area contributed by atoms with Gasteiger partial charge in [0.2, 0.25) is 5.91 Å². The summed E-state index contributed by atoms with van der Waals surface area (Å²) in [5.41, 5.74) is 0.882. The topological polar surface area (TPSA) is 56.6 Å². The highest BCUT2D eigenvalue weighted by Crippen LogP contribution is 2.27. The molecule has 0 radical (unpaired) electrons. The van der Waals surface area contributed by atoms with Gasteiger partial charge in [-0.3, -0.25) is 4.79 Å². The second kappa shape index (κ2) is 7.38. The van der Waals surface area contributed by atoms with Crippen LogP contribution in [0.4, 0.5) is 0 Å². The van der Waals surface area contributed by atoms with E-state index >= 15 is 0 Å². The first-order chi connectivity index (χ1) is 11.7. The highest BCUT2D eigenvalue weighted by Gasteiger charge is 2.25. The van der Waals surface area contributed by atoms with Crippen molar-refractivity contribution >= 4 is 5.91 Å². The van der Waals surface area contributed by atoms with E-state index in [4.69, 9.17) is 9.47 Å². The molecule has 0 spiro atoms. The summed E-state index contributed by atoms with van der Waals surface area (Å²) in [6.45, 7) is 1.54. The molecule has 128 valence electrons. The lowest BCUT2D eigenvalue weighted by Gasteiger charge is -2.33. The van der Waals surface area contributed by atoms with Gasteiger partial charge in [-0.05, 0) is 18.9 Å². The number of hydrogen-bond acceptors (Lipinski definition) is 4. The molecule has 0 aliphatic carbocycles. The molecule has 0 bridgehead atoms. The lowest BCUT2D eigenvalue weighted by Crippen LogP contribution is -2.41. The van der Waals surface area contributed by atoms with Gasteiger partial charge < -0.3 is 18.9 Å². The molecule has 0 saturated carbocycles. The van der Waals surface area contributed by atoms with Crippen LogP contribution in [0.2, 0.25) is 0 Å². The number of aromatic nitrogens is 2. The number of imidazole rings is 1. The summed E-state index contributed by atoms with van der Waals surface area (Å²) in [5, 5.41) is 0. The molecular weight excluding hydrogens is 306 g/mol. The van der Waals surface area contributed by atoms with Crippen LogP contribution in [-0.2, 0) is 11.2 Å². The molecule has 1 aromatic heterocycles. The molecule has 1 amide bonds. The van der Waals surface area contributed by atoms with Gasteiger partial charge in [-0.15, -0.1) is 0 Å². The van der Waals surface area contributed by atoms with Gasteiger partial charge in [0.05, 0.1) is 33.0 Å². The first-order valence-corrected chi connectivity index (χ1v) is 8.17. The normalized spacial score (nSPS) is 17.6. The summed E-state index contributed by atoms with van der Waals surface area (Å²) in [7, 11) is 3.22. The van der Waals surface area contributed by atoms with Crippen molar-refractivity contribution in [3.05, 3.63) is 42.5 Å². The zero-order valence-corrected chi connectivity index (χ0v) is 14.1. The smallest absolute Gasteiger partial charge is 0.227 e. The maximum absolute atomic E-state index is 12.7. The Hall–Kier alpha value is -2.50. The predicted molar refractivity (Wildman–Crippen MR) is 90.3 cm³/mol. The first kappa shape index (κ1) is 16.4. The second-order valence-electron chi connectivity index (χ2n) is 6.00. The van der Waals surface area contributed by atoms with Crippen LogP contribution in [0.25, 0.3) is 0 Å². The van der Waals surface area contributed by atoms with Gasteiger partial charge in [0.25, 0.3) is 0 Å². The van der Waals surface area contributed by atoms with Crippen LogP contribution in [0, 0.1) is 0 Å². The number of likely N-dealkylation sites (tertiary alicyclic amines) is 1. The molecule has 1 aliphatic heterocycles. The Labute approximate surface area is 142 Å². The molecule has 0 N–H and O–H groups in total. The number of carbonyl (C=O) groups excluding carboxylic acids is 1. The van der Waals surface area contributed by atoms with Crippen LogP contribution in [0.3, 0.4) is 0 Å². The number of nitrogens with zero attached hydrogens (tertiary/aromatic N) is 3. The average molecular weight is 329 g/mol. The Bertz CT molecular complexity index is 685. The van der Waals surface area contributed by atoms with Crippen molar-refractivity contribution in [2.45, 2.75) is 25.3 Å². The van der Waals surface area contributed by atoms with Crippen molar-refractivity contribution in [3.63, 3.8) is 0 Å². The Kier molecular flexibility index (Phi) is 5.03. The van der Waals surface area contributed by atoms with Crippen molar-refractivity contribution in [1.29, 1.82) is 0 Å².